The molecule has 0 aromatic carbocycles. The summed E-state index contributed by atoms with van der Waals surface area (Å²) in [5, 5.41) is 1.98. The molecule has 94 valence electrons. The normalized spacial score (nSPS) is 19.2. The number of thiophene rings is 1. The first kappa shape index (κ1) is 12.6. The molecule has 2 nitrogen and oxygen atoms in total. The minimum atomic E-state index is -0.145. The molecule has 0 radical (unpaired) electrons. The highest BCUT2D eigenvalue weighted by molar-refractivity contribution is 7.10. The molecule has 1 aromatic rings. The SMILES string of the molecule is CCOC(=O)c1csc2c1CCC(C(C)C)C2. The highest BCUT2D eigenvalue weighted by Crippen LogP contribution is 2.36. The van der Waals surface area contributed by atoms with Gasteiger partial charge in [-0.2, -0.15) is 0 Å². The monoisotopic (exact) mass is 252 g/mol. The van der Waals surface area contributed by atoms with Crippen molar-refractivity contribution >= 4 is 17.3 Å². The van der Waals surface area contributed by atoms with E-state index in [2.05, 4.69) is 13.8 Å². The molecule has 0 aliphatic heterocycles. The maximum absolute atomic E-state index is 11.8. The number of carbonyl (C=O) groups is 1. The summed E-state index contributed by atoms with van der Waals surface area (Å²) in [6.45, 7) is 6.88. The Kier molecular flexibility index (Phi) is 3.87. The number of hydrogen-bond acceptors (Lipinski definition) is 3. The first-order chi connectivity index (χ1) is 8.13. The molecular formula is C14H20O2S. The zero-order valence-electron chi connectivity index (χ0n) is 10.8. The van der Waals surface area contributed by atoms with E-state index < -0.39 is 0 Å². The van der Waals surface area contributed by atoms with E-state index in [1.54, 1.807) is 11.3 Å². The largest absolute Gasteiger partial charge is 0.462 e. The van der Waals surface area contributed by atoms with E-state index in [-0.39, 0.29) is 5.97 Å². The molecule has 0 bridgehead atoms. The average Bonchev–Trinajstić information content (AvgIpc) is 2.71. The van der Waals surface area contributed by atoms with Gasteiger partial charge < -0.3 is 4.74 Å². The summed E-state index contributed by atoms with van der Waals surface area (Å²) in [5.74, 6) is 1.36. The Morgan fingerprint density at radius 1 is 1.59 bits per heavy atom. The zero-order chi connectivity index (χ0) is 12.4. The standard InChI is InChI=1S/C14H20O2S/c1-4-16-14(15)12-8-17-13-7-10(9(2)3)5-6-11(12)13/h8-10H,4-7H2,1-3H3. The lowest BCUT2D eigenvalue weighted by Crippen LogP contribution is -2.19. The third-order valence-corrected chi connectivity index (χ3v) is 4.68. The van der Waals surface area contributed by atoms with Gasteiger partial charge in [-0.25, -0.2) is 4.79 Å². The van der Waals surface area contributed by atoms with Crippen molar-refractivity contribution in [1.29, 1.82) is 0 Å². The minimum absolute atomic E-state index is 0.145. The molecule has 3 heteroatoms. The van der Waals surface area contributed by atoms with Crippen molar-refractivity contribution in [2.45, 2.75) is 40.0 Å². The third kappa shape index (κ3) is 2.54. The Bertz CT molecular complexity index is 406. The second kappa shape index (κ2) is 5.21. The smallest absolute Gasteiger partial charge is 0.339 e. The number of carbonyl (C=O) groups excluding carboxylic acids is 1. The molecular weight excluding hydrogens is 232 g/mol. The molecule has 1 unspecified atom stereocenters. The quantitative estimate of drug-likeness (QED) is 0.767. The van der Waals surface area contributed by atoms with E-state index in [0.29, 0.717) is 6.61 Å². The van der Waals surface area contributed by atoms with Crippen LogP contribution in [0.3, 0.4) is 0 Å². The van der Waals surface area contributed by atoms with Gasteiger partial charge in [0.1, 0.15) is 0 Å². The predicted octanol–water partition coefficient (Wildman–Crippen LogP) is 3.69. The van der Waals surface area contributed by atoms with Gasteiger partial charge in [-0.3, -0.25) is 0 Å². The lowest BCUT2D eigenvalue weighted by Gasteiger charge is -2.25. The fourth-order valence-corrected chi connectivity index (χ4v) is 3.65. The van der Waals surface area contributed by atoms with E-state index in [0.717, 1.165) is 30.2 Å². The van der Waals surface area contributed by atoms with Crippen LogP contribution in [0.25, 0.3) is 0 Å². The van der Waals surface area contributed by atoms with Crippen molar-refractivity contribution in [3.63, 3.8) is 0 Å². The molecule has 1 aromatic heterocycles. The van der Waals surface area contributed by atoms with Gasteiger partial charge >= 0.3 is 5.97 Å². The van der Waals surface area contributed by atoms with Crippen LogP contribution in [0.15, 0.2) is 5.38 Å². The van der Waals surface area contributed by atoms with Crippen LogP contribution >= 0.6 is 11.3 Å². The second-order valence-electron chi connectivity index (χ2n) is 5.02. The second-order valence-corrected chi connectivity index (χ2v) is 5.98. The molecule has 2 rings (SSSR count). The van der Waals surface area contributed by atoms with Crippen molar-refractivity contribution in [1.82, 2.24) is 0 Å². The van der Waals surface area contributed by atoms with Gasteiger partial charge in [0, 0.05) is 10.3 Å². The fourth-order valence-electron chi connectivity index (χ4n) is 2.49. The summed E-state index contributed by atoms with van der Waals surface area (Å²) in [6, 6.07) is 0. The Morgan fingerprint density at radius 2 is 2.35 bits per heavy atom. The van der Waals surface area contributed by atoms with Crippen LogP contribution in [0.2, 0.25) is 0 Å². The number of fused-ring (bicyclic) bond motifs is 1. The van der Waals surface area contributed by atoms with Gasteiger partial charge in [-0.15, -0.1) is 11.3 Å². The van der Waals surface area contributed by atoms with Gasteiger partial charge in [0.2, 0.25) is 0 Å². The lowest BCUT2D eigenvalue weighted by molar-refractivity contribution is 0.0525. The molecule has 0 N–H and O–H groups in total. The molecule has 0 saturated carbocycles. The molecule has 0 fully saturated rings. The van der Waals surface area contributed by atoms with E-state index >= 15 is 0 Å². The summed E-state index contributed by atoms with van der Waals surface area (Å²) in [6.07, 6.45) is 3.38. The van der Waals surface area contributed by atoms with Crippen LogP contribution in [0.4, 0.5) is 0 Å². The van der Waals surface area contributed by atoms with E-state index in [1.807, 2.05) is 12.3 Å². The van der Waals surface area contributed by atoms with Crippen molar-refractivity contribution < 1.29 is 9.53 Å². The molecule has 17 heavy (non-hydrogen) atoms. The topological polar surface area (TPSA) is 26.3 Å². The Balaban J connectivity index is 2.18. The van der Waals surface area contributed by atoms with Gasteiger partial charge in [-0.1, -0.05) is 13.8 Å². The van der Waals surface area contributed by atoms with Gasteiger partial charge in [0.25, 0.3) is 0 Å². The van der Waals surface area contributed by atoms with Crippen molar-refractivity contribution in [2.75, 3.05) is 6.61 Å². The van der Waals surface area contributed by atoms with Crippen LogP contribution in [0.1, 0.15) is 48.0 Å². The Labute approximate surface area is 107 Å². The van der Waals surface area contributed by atoms with E-state index in [4.69, 9.17) is 4.74 Å². The highest BCUT2D eigenvalue weighted by atomic mass is 32.1. The number of esters is 1. The third-order valence-electron chi connectivity index (χ3n) is 3.63. The number of ether oxygens (including phenoxy) is 1. The van der Waals surface area contributed by atoms with Crippen LogP contribution in [-0.2, 0) is 17.6 Å². The summed E-state index contributed by atoms with van der Waals surface area (Å²) < 4.78 is 5.09. The highest BCUT2D eigenvalue weighted by Gasteiger charge is 2.26. The predicted molar refractivity (Wildman–Crippen MR) is 70.6 cm³/mol. The van der Waals surface area contributed by atoms with Gasteiger partial charge in [0.15, 0.2) is 0 Å². The molecule has 0 saturated heterocycles. The van der Waals surface area contributed by atoms with Gasteiger partial charge in [0.05, 0.1) is 12.2 Å². The van der Waals surface area contributed by atoms with Crippen LogP contribution in [0.5, 0.6) is 0 Å². The molecule has 1 heterocycles. The number of hydrogen-bond donors (Lipinski definition) is 0. The number of rotatable bonds is 3. The summed E-state index contributed by atoms with van der Waals surface area (Å²) in [4.78, 5) is 13.2. The summed E-state index contributed by atoms with van der Waals surface area (Å²) >= 11 is 1.73. The maximum Gasteiger partial charge on any atom is 0.339 e. The van der Waals surface area contributed by atoms with Crippen LogP contribution in [0, 0.1) is 11.8 Å². The van der Waals surface area contributed by atoms with Crippen molar-refractivity contribution in [3.05, 3.63) is 21.4 Å². The minimum Gasteiger partial charge on any atom is -0.462 e. The average molecular weight is 252 g/mol. The molecule has 1 aliphatic carbocycles. The fraction of sp³-hybridized carbons (Fsp3) is 0.643. The molecule has 0 amide bonds. The first-order valence-electron chi connectivity index (χ1n) is 6.39. The van der Waals surface area contributed by atoms with Crippen molar-refractivity contribution in [3.8, 4) is 0 Å². The summed E-state index contributed by atoms with van der Waals surface area (Å²) in [5.41, 5.74) is 2.07. The Hall–Kier alpha value is -0.830. The van der Waals surface area contributed by atoms with Crippen LogP contribution in [-0.4, -0.2) is 12.6 Å². The summed E-state index contributed by atoms with van der Waals surface area (Å²) in [7, 11) is 0. The Morgan fingerprint density at radius 3 is 3.00 bits per heavy atom. The zero-order valence-corrected chi connectivity index (χ0v) is 11.6. The molecule has 0 spiro atoms. The van der Waals surface area contributed by atoms with E-state index in [1.165, 1.54) is 16.9 Å². The van der Waals surface area contributed by atoms with Crippen molar-refractivity contribution in [2.24, 2.45) is 11.8 Å². The molecule has 1 atom stereocenters. The maximum atomic E-state index is 11.8. The first-order valence-corrected chi connectivity index (χ1v) is 7.27. The van der Waals surface area contributed by atoms with Crippen LogP contribution < -0.4 is 0 Å². The molecule has 1 aliphatic rings. The van der Waals surface area contributed by atoms with E-state index in [9.17, 15) is 4.79 Å². The lowest BCUT2D eigenvalue weighted by atomic mass is 9.81. The van der Waals surface area contributed by atoms with Gasteiger partial charge in [-0.05, 0) is 43.6 Å².